The standard InChI is InChI=1S/C15H32OP2/c1-11(2)18(12(3)4)16-13(14(5,6)7)17-15(8,9)10/h11-12H,1-10H3. The number of rotatable bonds is 4. The highest BCUT2D eigenvalue weighted by atomic mass is 31.1. The van der Waals surface area contributed by atoms with Crippen molar-refractivity contribution in [3.8, 4) is 0 Å². The second kappa shape index (κ2) is 6.83. The van der Waals surface area contributed by atoms with E-state index in [0.29, 0.717) is 11.3 Å². The molecule has 0 aromatic carbocycles. The Bertz CT molecular complexity index is 272. The number of hydrogen-bond acceptors (Lipinski definition) is 1. The molecular formula is C15H32OP2. The van der Waals surface area contributed by atoms with Crippen molar-refractivity contribution in [2.45, 2.75) is 85.7 Å². The fourth-order valence-corrected chi connectivity index (χ4v) is 5.02. The van der Waals surface area contributed by atoms with Crippen LogP contribution in [0.1, 0.15) is 69.2 Å². The molecule has 0 aromatic heterocycles. The molecule has 0 unspecified atom stereocenters. The van der Waals surface area contributed by atoms with E-state index in [1.807, 2.05) is 0 Å². The molecule has 0 radical (unpaired) electrons. The number of hydrogen-bond donors (Lipinski definition) is 0. The van der Waals surface area contributed by atoms with Crippen molar-refractivity contribution >= 4 is 21.8 Å². The van der Waals surface area contributed by atoms with Gasteiger partial charge in [-0.1, -0.05) is 77.4 Å². The van der Waals surface area contributed by atoms with E-state index in [-0.39, 0.29) is 18.7 Å². The van der Waals surface area contributed by atoms with Crippen LogP contribution in [0.5, 0.6) is 0 Å². The molecular weight excluding hydrogens is 258 g/mol. The third-order valence-corrected chi connectivity index (χ3v) is 6.50. The molecule has 3 heteroatoms. The topological polar surface area (TPSA) is 9.23 Å². The van der Waals surface area contributed by atoms with E-state index in [2.05, 4.69) is 69.2 Å². The van der Waals surface area contributed by atoms with Crippen molar-refractivity contribution in [2.24, 2.45) is 5.41 Å². The van der Waals surface area contributed by atoms with Gasteiger partial charge in [0.25, 0.3) is 0 Å². The van der Waals surface area contributed by atoms with Crippen LogP contribution in [0.4, 0.5) is 0 Å². The lowest BCUT2D eigenvalue weighted by atomic mass is 9.99. The Morgan fingerprint density at radius 1 is 0.889 bits per heavy atom. The molecule has 108 valence electrons. The minimum absolute atomic E-state index is 0.124. The molecule has 0 aliphatic rings. The average molecular weight is 290 g/mol. The Hall–Kier alpha value is 0.560. The first kappa shape index (κ1) is 18.6. The largest absolute Gasteiger partial charge is 0.323 e. The molecule has 0 aliphatic heterocycles. The Kier molecular flexibility index (Phi) is 7.04. The Morgan fingerprint density at radius 3 is 1.50 bits per heavy atom. The Labute approximate surface area is 118 Å². The van der Waals surface area contributed by atoms with Crippen molar-refractivity contribution in [1.29, 1.82) is 0 Å². The molecule has 1 nitrogen and oxygen atoms in total. The predicted molar refractivity (Wildman–Crippen MR) is 89.4 cm³/mol. The molecule has 0 heterocycles. The molecule has 0 saturated heterocycles. The molecule has 0 amide bonds. The van der Waals surface area contributed by atoms with Gasteiger partial charge in [-0.3, -0.25) is 0 Å². The van der Waals surface area contributed by atoms with Crippen molar-refractivity contribution in [3.63, 3.8) is 0 Å². The SMILES string of the molecule is CC(C)P(OC(=PC(C)(C)C)C(C)(C)C)C(C)C. The van der Waals surface area contributed by atoms with Crippen LogP contribution in [-0.4, -0.2) is 22.0 Å². The van der Waals surface area contributed by atoms with Gasteiger partial charge in [-0.15, -0.1) is 0 Å². The zero-order chi connectivity index (χ0) is 14.7. The van der Waals surface area contributed by atoms with E-state index < -0.39 is 0 Å². The molecule has 18 heavy (non-hydrogen) atoms. The summed E-state index contributed by atoms with van der Waals surface area (Å²) >= 11 is 0. The first-order valence-corrected chi connectivity index (χ1v) is 9.20. The van der Waals surface area contributed by atoms with E-state index in [9.17, 15) is 0 Å². The van der Waals surface area contributed by atoms with Crippen molar-refractivity contribution in [2.75, 3.05) is 0 Å². The summed E-state index contributed by atoms with van der Waals surface area (Å²) in [6.07, 6.45) is 0. The highest BCUT2D eigenvalue weighted by Crippen LogP contribution is 2.50. The lowest BCUT2D eigenvalue weighted by Gasteiger charge is -2.32. The molecule has 0 spiro atoms. The molecule has 0 bridgehead atoms. The van der Waals surface area contributed by atoms with Crippen molar-refractivity contribution in [1.82, 2.24) is 0 Å². The highest BCUT2D eigenvalue weighted by molar-refractivity contribution is 7.56. The van der Waals surface area contributed by atoms with Gasteiger partial charge in [0.05, 0.1) is 5.48 Å². The van der Waals surface area contributed by atoms with Gasteiger partial charge in [0.2, 0.25) is 0 Å². The molecule has 0 N–H and O–H groups in total. The van der Waals surface area contributed by atoms with Gasteiger partial charge in [-0.25, -0.2) is 0 Å². The summed E-state index contributed by atoms with van der Waals surface area (Å²) < 4.78 is 6.48. The third kappa shape index (κ3) is 7.22. The molecule has 0 fully saturated rings. The second-order valence-corrected chi connectivity index (χ2v) is 12.4. The summed E-state index contributed by atoms with van der Waals surface area (Å²) in [5.74, 6) is 0. The van der Waals surface area contributed by atoms with E-state index in [4.69, 9.17) is 4.52 Å². The summed E-state index contributed by atoms with van der Waals surface area (Å²) in [5, 5.41) is 0.261. The van der Waals surface area contributed by atoms with Gasteiger partial charge in [0.15, 0.2) is 0 Å². The van der Waals surface area contributed by atoms with Crippen LogP contribution < -0.4 is 0 Å². The Balaban J connectivity index is 5.20. The summed E-state index contributed by atoms with van der Waals surface area (Å²) in [7, 11) is 0.949. The van der Waals surface area contributed by atoms with E-state index in [1.165, 1.54) is 13.7 Å². The quantitative estimate of drug-likeness (QED) is 0.565. The first-order valence-electron chi connectivity index (χ1n) is 6.91. The van der Waals surface area contributed by atoms with Crippen molar-refractivity contribution in [3.05, 3.63) is 0 Å². The molecule has 0 aliphatic carbocycles. The van der Waals surface area contributed by atoms with Crippen LogP contribution in [0.25, 0.3) is 0 Å². The minimum atomic E-state index is -0.379. The lowest BCUT2D eigenvalue weighted by Crippen LogP contribution is -2.24. The smallest absolute Gasteiger partial charge is 0.0848 e. The van der Waals surface area contributed by atoms with Crippen LogP contribution in [0.3, 0.4) is 0 Å². The van der Waals surface area contributed by atoms with E-state index in [0.717, 1.165) is 0 Å². The molecule has 0 atom stereocenters. The third-order valence-electron chi connectivity index (χ3n) is 2.29. The van der Waals surface area contributed by atoms with Gasteiger partial charge in [-0.2, -0.15) is 0 Å². The van der Waals surface area contributed by atoms with Crippen LogP contribution in [0.15, 0.2) is 0 Å². The van der Waals surface area contributed by atoms with E-state index >= 15 is 0 Å². The lowest BCUT2D eigenvalue weighted by molar-refractivity contribution is 0.467. The predicted octanol–water partition coefficient (Wildman–Crippen LogP) is 6.14. The van der Waals surface area contributed by atoms with Crippen molar-refractivity contribution < 1.29 is 4.52 Å². The Morgan fingerprint density at radius 2 is 1.28 bits per heavy atom. The monoisotopic (exact) mass is 290 g/mol. The van der Waals surface area contributed by atoms with Gasteiger partial charge < -0.3 is 4.52 Å². The summed E-state index contributed by atoms with van der Waals surface area (Å²) in [5.41, 5.74) is 2.61. The van der Waals surface area contributed by atoms with Crippen LogP contribution in [0, 0.1) is 5.41 Å². The maximum absolute atomic E-state index is 6.48. The molecule has 0 aromatic rings. The van der Waals surface area contributed by atoms with Crippen LogP contribution >= 0.6 is 16.4 Å². The minimum Gasteiger partial charge on any atom is -0.323 e. The first-order chi connectivity index (χ1) is 7.84. The fourth-order valence-electron chi connectivity index (χ4n) is 1.54. The normalized spacial score (nSPS) is 15.1. The second-order valence-electron chi connectivity index (χ2n) is 7.48. The van der Waals surface area contributed by atoms with Crippen LogP contribution in [0.2, 0.25) is 0 Å². The van der Waals surface area contributed by atoms with Gasteiger partial charge in [-0.05, 0) is 11.3 Å². The summed E-state index contributed by atoms with van der Waals surface area (Å²) in [4.78, 5) is 0. The van der Waals surface area contributed by atoms with E-state index in [1.54, 1.807) is 0 Å². The van der Waals surface area contributed by atoms with Crippen LogP contribution in [-0.2, 0) is 4.52 Å². The van der Waals surface area contributed by atoms with Gasteiger partial charge in [0.1, 0.15) is 0 Å². The average Bonchev–Trinajstić information content (AvgIpc) is 2.06. The molecule has 0 rings (SSSR count). The summed E-state index contributed by atoms with van der Waals surface area (Å²) in [6.45, 7) is 22.7. The highest BCUT2D eigenvalue weighted by Gasteiger charge is 2.28. The maximum atomic E-state index is 6.48. The molecule has 0 saturated carbocycles. The summed E-state index contributed by atoms with van der Waals surface area (Å²) in [6, 6.07) is 0. The maximum Gasteiger partial charge on any atom is 0.0848 e. The van der Waals surface area contributed by atoms with Gasteiger partial charge >= 0.3 is 0 Å². The zero-order valence-electron chi connectivity index (χ0n) is 14.0. The zero-order valence-corrected chi connectivity index (χ0v) is 15.7. The fraction of sp³-hybridized carbons (Fsp3) is 0.933. The van der Waals surface area contributed by atoms with Gasteiger partial charge in [0, 0.05) is 18.7 Å².